The van der Waals surface area contributed by atoms with Gasteiger partial charge in [0.1, 0.15) is 30.5 Å². The summed E-state index contributed by atoms with van der Waals surface area (Å²) in [7, 11) is 0. The molecule has 2 unspecified atom stereocenters. The molecule has 3 fully saturated rings. The van der Waals surface area contributed by atoms with Gasteiger partial charge in [-0.25, -0.2) is 0 Å². The van der Waals surface area contributed by atoms with Crippen LogP contribution < -0.4 is 0 Å². The summed E-state index contributed by atoms with van der Waals surface area (Å²) in [4.78, 5) is 0. The molecule has 3 aromatic carbocycles. The maximum absolute atomic E-state index is 6.64. The van der Waals surface area contributed by atoms with Crippen LogP contribution >= 0.6 is 0 Å². The zero-order valence-electron chi connectivity index (χ0n) is 23.5. The van der Waals surface area contributed by atoms with Crippen molar-refractivity contribution >= 4 is 0 Å². The first-order chi connectivity index (χ1) is 20.0. The Bertz CT molecular complexity index is 1210. The SMILES string of the molecule is CC1(C)OCC(CO[C@H]2O[C@@H]3COC(c4ccccc4)O[C@H]3[C@H](OCc3ccccc3)[C@H]2OCc2ccccc2)O1. The Balaban J connectivity index is 1.25. The fourth-order valence-electron chi connectivity index (χ4n) is 5.41. The van der Waals surface area contributed by atoms with Crippen molar-refractivity contribution < 1.29 is 37.9 Å². The molecule has 0 N–H and O–H groups in total. The fraction of sp³-hybridized carbons (Fsp3) is 0.455. The molecule has 0 radical (unpaired) electrons. The third-order valence-electron chi connectivity index (χ3n) is 7.44. The predicted octanol–water partition coefficient (Wildman–Crippen LogP) is 5.16. The summed E-state index contributed by atoms with van der Waals surface area (Å²) < 4.78 is 50.5. The number of hydrogen-bond donors (Lipinski definition) is 0. The second-order valence-electron chi connectivity index (χ2n) is 11.0. The average molecular weight is 563 g/mol. The predicted molar refractivity (Wildman–Crippen MR) is 150 cm³/mol. The van der Waals surface area contributed by atoms with Gasteiger partial charge in [0.15, 0.2) is 18.4 Å². The highest BCUT2D eigenvalue weighted by Gasteiger charge is 2.52. The van der Waals surface area contributed by atoms with Crippen molar-refractivity contribution in [2.24, 2.45) is 0 Å². The van der Waals surface area contributed by atoms with Crippen molar-refractivity contribution in [1.29, 1.82) is 0 Å². The highest BCUT2D eigenvalue weighted by Crippen LogP contribution is 2.37. The second kappa shape index (κ2) is 13.1. The van der Waals surface area contributed by atoms with E-state index in [1.54, 1.807) is 0 Å². The molecule has 0 spiro atoms. The van der Waals surface area contributed by atoms with Crippen molar-refractivity contribution in [1.82, 2.24) is 0 Å². The van der Waals surface area contributed by atoms with Crippen molar-refractivity contribution in [3.63, 3.8) is 0 Å². The molecule has 0 aliphatic carbocycles. The Morgan fingerprint density at radius 2 is 1.32 bits per heavy atom. The highest BCUT2D eigenvalue weighted by molar-refractivity contribution is 5.17. The first-order valence-corrected chi connectivity index (χ1v) is 14.3. The Morgan fingerprint density at radius 1 is 0.707 bits per heavy atom. The first-order valence-electron chi connectivity index (χ1n) is 14.3. The number of fused-ring (bicyclic) bond motifs is 1. The van der Waals surface area contributed by atoms with Gasteiger partial charge >= 0.3 is 0 Å². The largest absolute Gasteiger partial charge is 0.368 e. The van der Waals surface area contributed by atoms with Crippen LogP contribution in [0.25, 0.3) is 0 Å². The molecule has 0 saturated carbocycles. The number of benzene rings is 3. The summed E-state index contributed by atoms with van der Waals surface area (Å²) >= 11 is 0. The van der Waals surface area contributed by atoms with Crippen molar-refractivity contribution in [3.05, 3.63) is 108 Å². The number of rotatable bonds is 10. The van der Waals surface area contributed by atoms with Gasteiger partial charge in [-0.3, -0.25) is 0 Å². The summed E-state index contributed by atoms with van der Waals surface area (Å²) in [5.74, 6) is -0.644. The first kappa shape index (κ1) is 28.5. The normalized spacial score (nSPS) is 31.0. The molecule has 3 aliphatic rings. The Morgan fingerprint density at radius 3 is 1.93 bits per heavy atom. The minimum Gasteiger partial charge on any atom is -0.368 e. The van der Waals surface area contributed by atoms with Crippen LogP contribution in [0.5, 0.6) is 0 Å². The van der Waals surface area contributed by atoms with E-state index in [2.05, 4.69) is 0 Å². The number of ether oxygens (including phenoxy) is 8. The lowest BCUT2D eigenvalue weighted by molar-refractivity contribution is -0.374. The van der Waals surface area contributed by atoms with Crippen LogP contribution in [0.2, 0.25) is 0 Å². The van der Waals surface area contributed by atoms with E-state index in [0.717, 1.165) is 16.7 Å². The maximum atomic E-state index is 6.64. The van der Waals surface area contributed by atoms with E-state index in [1.807, 2.05) is 105 Å². The van der Waals surface area contributed by atoms with Gasteiger partial charge in [-0.15, -0.1) is 0 Å². The summed E-state index contributed by atoms with van der Waals surface area (Å²) in [6.45, 7) is 5.61. The second-order valence-corrected chi connectivity index (χ2v) is 11.0. The van der Waals surface area contributed by atoms with Crippen molar-refractivity contribution in [2.45, 2.75) is 75.9 Å². The van der Waals surface area contributed by atoms with Crippen LogP contribution in [0, 0.1) is 0 Å². The molecule has 8 heteroatoms. The molecule has 3 aliphatic heterocycles. The Kier molecular flexibility index (Phi) is 9.10. The topological polar surface area (TPSA) is 73.8 Å². The van der Waals surface area contributed by atoms with Gasteiger partial charge in [0.2, 0.25) is 0 Å². The van der Waals surface area contributed by atoms with Crippen LogP contribution in [0.1, 0.15) is 36.8 Å². The van der Waals surface area contributed by atoms with E-state index in [-0.39, 0.29) is 12.7 Å². The van der Waals surface area contributed by atoms with Gasteiger partial charge < -0.3 is 37.9 Å². The Labute approximate surface area is 241 Å². The van der Waals surface area contributed by atoms with Gasteiger partial charge in [-0.1, -0.05) is 91.0 Å². The van der Waals surface area contributed by atoms with Crippen molar-refractivity contribution in [3.8, 4) is 0 Å². The third-order valence-corrected chi connectivity index (χ3v) is 7.44. The van der Waals surface area contributed by atoms with E-state index in [1.165, 1.54) is 0 Å². The summed E-state index contributed by atoms with van der Waals surface area (Å²) in [5.41, 5.74) is 3.04. The molecule has 8 nitrogen and oxygen atoms in total. The van der Waals surface area contributed by atoms with Gasteiger partial charge in [0, 0.05) is 5.56 Å². The maximum Gasteiger partial charge on any atom is 0.187 e. The van der Waals surface area contributed by atoms with Gasteiger partial charge in [0.25, 0.3) is 0 Å². The van der Waals surface area contributed by atoms with Crippen LogP contribution in [0.3, 0.4) is 0 Å². The summed E-state index contributed by atoms with van der Waals surface area (Å²) in [6.07, 6.45) is -3.40. The van der Waals surface area contributed by atoms with E-state index in [0.29, 0.717) is 26.4 Å². The molecule has 7 atom stereocenters. The van der Waals surface area contributed by atoms with E-state index in [4.69, 9.17) is 37.9 Å². The molecule has 6 rings (SSSR count). The summed E-state index contributed by atoms with van der Waals surface area (Å²) in [5, 5.41) is 0. The molecule has 3 aromatic rings. The zero-order valence-corrected chi connectivity index (χ0v) is 23.5. The lowest BCUT2D eigenvalue weighted by Gasteiger charge is -2.49. The lowest BCUT2D eigenvalue weighted by Crippen LogP contribution is -2.63. The molecular weight excluding hydrogens is 524 g/mol. The molecule has 3 heterocycles. The standard InChI is InChI=1S/C33H38O8/c1-33(2)38-21-26(41-33)20-36-32-30(35-19-24-14-8-4-9-15-24)29(34-18-23-12-6-3-7-13-23)28-27(39-32)22-37-31(40-28)25-16-10-5-11-17-25/h3-17,26-32H,18-22H2,1-2H3/t26?,27-,28-,29+,30-,31?,32+/m1/s1. The highest BCUT2D eigenvalue weighted by atomic mass is 16.8. The molecule has 0 amide bonds. The van der Waals surface area contributed by atoms with Crippen LogP contribution in [0.4, 0.5) is 0 Å². The quantitative estimate of drug-likeness (QED) is 0.335. The fourth-order valence-corrected chi connectivity index (χ4v) is 5.41. The smallest absolute Gasteiger partial charge is 0.187 e. The number of hydrogen-bond acceptors (Lipinski definition) is 8. The summed E-state index contributed by atoms with van der Waals surface area (Å²) in [6, 6.07) is 30.0. The zero-order chi connectivity index (χ0) is 28.1. The van der Waals surface area contributed by atoms with Crippen LogP contribution in [-0.4, -0.2) is 62.4 Å². The third kappa shape index (κ3) is 7.23. The molecule has 41 heavy (non-hydrogen) atoms. The van der Waals surface area contributed by atoms with E-state index < -0.39 is 42.8 Å². The Hall–Kier alpha value is -2.66. The average Bonchev–Trinajstić information content (AvgIpc) is 3.37. The minimum atomic E-state index is -0.728. The molecule has 218 valence electrons. The van der Waals surface area contributed by atoms with Gasteiger partial charge in [-0.05, 0) is 25.0 Å². The van der Waals surface area contributed by atoms with E-state index >= 15 is 0 Å². The monoisotopic (exact) mass is 562 g/mol. The van der Waals surface area contributed by atoms with Crippen molar-refractivity contribution in [2.75, 3.05) is 19.8 Å². The molecular formula is C33H38O8. The molecule has 0 bridgehead atoms. The lowest BCUT2D eigenvalue weighted by atomic mass is 9.97. The van der Waals surface area contributed by atoms with Gasteiger partial charge in [-0.2, -0.15) is 0 Å². The van der Waals surface area contributed by atoms with Crippen LogP contribution in [0.15, 0.2) is 91.0 Å². The van der Waals surface area contributed by atoms with Crippen LogP contribution in [-0.2, 0) is 51.1 Å². The van der Waals surface area contributed by atoms with E-state index in [9.17, 15) is 0 Å². The minimum absolute atomic E-state index is 0.217. The van der Waals surface area contributed by atoms with Gasteiger partial charge in [0.05, 0.1) is 33.0 Å². The molecule has 0 aromatic heterocycles. The molecule has 3 saturated heterocycles.